The van der Waals surface area contributed by atoms with Crippen LogP contribution in [0.5, 0.6) is 5.75 Å². The fraction of sp³-hybridized carbons (Fsp3) is 0.312. The number of aromatic hydroxyl groups is 1. The van der Waals surface area contributed by atoms with E-state index in [1.807, 2.05) is 28.8 Å². The summed E-state index contributed by atoms with van der Waals surface area (Å²) in [7, 11) is 0. The summed E-state index contributed by atoms with van der Waals surface area (Å²) >= 11 is 0. The molecule has 1 aromatic carbocycles. The molecule has 0 bridgehead atoms. The van der Waals surface area contributed by atoms with Crippen molar-refractivity contribution in [3.8, 4) is 17.1 Å². The second-order valence-electron chi connectivity index (χ2n) is 5.75. The average Bonchev–Trinajstić information content (AvgIpc) is 2.97. The van der Waals surface area contributed by atoms with Gasteiger partial charge in [0.1, 0.15) is 23.0 Å². The molecular formula is C16H20N4O. The van der Waals surface area contributed by atoms with Crippen molar-refractivity contribution in [1.29, 1.82) is 0 Å². The Balaban J connectivity index is 2.01. The minimum absolute atomic E-state index is 0.162. The largest absolute Gasteiger partial charge is 0.505 e. The summed E-state index contributed by atoms with van der Waals surface area (Å²) in [6.07, 6.45) is 2.69. The van der Waals surface area contributed by atoms with Gasteiger partial charge in [-0.25, -0.2) is 4.98 Å². The SMILES string of the molecule is CC(C)CCn1cc(O)c(-c2nc3ccccc3[nH]2)c1N. The number of nitrogen functional groups attached to an aromatic ring is 1. The number of hydrogen-bond acceptors (Lipinski definition) is 3. The van der Waals surface area contributed by atoms with Crippen LogP contribution in [0.25, 0.3) is 22.4 Å². The van der Waals surface area contributed by atoms with Crippen LogP contribution in [0.1, 0.15) is 20.3 Å². The third-order valence-electron chi connectivity index (χ3n) is 3.67. The number of hydrogen-bond donors (Lipinski definition) is 3. The molecule has 0 fully saturated rings. The number of aromatic nitrogens is 3. The summed E-state index contributed by atoms with van der Waals surface area (Å²) in [6.45, 7) is 5.12. The molecular weight excluding hydrogens is 264 g/mol. The normalized spacial score (nSPS) is 11.6. The molecule has 0 atom stereocenters. The fourth-order valence-corrected chi connectivity index (χ4v) is 2.45. The Morgan fingerprint density at radius 3 is 2.81 bits per heavy atom. The maximum absolute atomic E-state index is 10.2. The molecule has 0 aliphatic heterocycles. The molecule has 21 heavy (non-hydrogen) atoms. The number of nitrogens with one attached hydrogen (secondary N) is 1. The van der Waals surface area contributed by atoms with Crippen molar-refractivity contribution in [1.82, 2.24) is 14.5 Å². The van der Waals surface area contributed by atoms with E-state index in [9.17, 15) is 5.11 Å². The van der Waals surface area contributed by atoms with E-state index in [1.165, 1.54) is 0 Å². The lowest BCUT2D eigenvalue weighted by atomic mass is 10.1. The second kappa shape index (κ2) is 5.16. The van der Waals surface area contributed by atoms with Crippen molar-refractivity contribution in [3.63, 3.8) is 0 Å². The number of aromatic amines is 1. The van der Waals surface area contributed by atoms with E-state index in [4.69, 9.17) is 5.73 Å². The predicted molar refractivity (Wildman–Crippen MR) is 85.1 cm³/mol. The number of imidazole rings is 1. The minimum Gasteiger partial charge on any atom is -0.505 e. The lowest BCUT2D eigenvalue weighted by Crippen LogP contribution is -2.04. The Morgan fingerprint density at radius 2 is 2.10 bits per heavy atom. The zero-order valence-corrected chi connectivity index (χ0v) is 12.3. The van der Waals surface area contributed by atoms with E-state index in [1.54, 1.807) is 6.20 Å². The first-order valence-electron chi connectivity index (χ1n) is 7.19. The van der Waals surface area contributed by atoms with Crippen molar-refractivity contribution in [3.05, 3.63) is 30.5 Å². The summed E-state index contributed by atoms with van der Waals surface area (Å²) < 4.78 is 1.89. The molecule has 110 valence electrons. The molecule has 3 aromatic rings. The summed E-state index contributed by atoms with van der Waals surface area (Å²) in [5.74, 6) is 1.90. The van der Waals surface area contributed by atoms with Crippen LogP contribution in [0.15, 0.2) is 30.5 Å². The van der Waals surface area contributed by atoms with Crippen LogP contribution >= 0.6 is 0 Å². The van der Waals surface area contributed by atoms with Crippen molar-refractivity contribution in [2.24, 2.45) is 5.92 Å². The Labute approximate surface area is 123 Å². The molecule has 3 rings (SSSR count). The summed E-state index contributed by atoms with van der Waals surface area (Å²) in [6, 6.07) is 7.76. The molecule has 0 radical (unpaired) electrons. The Morgan fingerprint density at radius 1 is 1.33 bits per heavy atom. The number of nitrogens with zero attached hydrogens (tertiary/aromatic N) is 2. The highest BCUT2D eigenvalue weighted by Gasteiger charge is 2.18. The zero-order valence-electron chi connectivity index (χ0n) is 12.3. The van der Waals surface area contributed by atoms with Gasteiger partial charge in [0.25, 0.3) is 0 Å². The molecule has 5 heteroatoms. The maximum Gasteiger partial charge on any atom is 0.146 e. The molecule has 2 heterocycles. The van der Waals surface area contributed by atoms with Gasteiger partial charge in [0, 0.05) is 12.7 Å². The third kappa shape index (κ3) is 2.46. The molecule has 0 saturated carbocycles. The van der Waals surface area contributed by atoms with Crippen molar-refractivity contribution < 1.29 is 5.11 Å². The standard InChI is InChI=1S/C16H20N4O/c1-10(2)7-8-20-9-13(21)14(15(20)17)16-18-11-5-3-4-6-12(11)19-16/h3-6,9-10,21H,7-8,17H2,1-2H3,(H,18,19). The van der Waals surface area contributed by atoms with Crippen LogP contribution in [-0.2, 0) is 6.54 Å². The van der Waals surface area contributed by atoms with E-state index < -0.39 is 0 Å². The molecule has 0 unspecified atom stereocenters. The number of H-pyrrole nitrogens is 1. The number of anilines is 1. The Bertz CT molecular complexity index is 737. The van der Waals surface area contributed by atoms with Crippen LogP contribution in [0, 0.1) is 5.92 Å². The van der Waals surface area contributed by atoms with E-state index in [0.29, 0.717) is 23.1 Å². The molecule has 0 amide bonds. The van der Waals surface area contributed by atoms with Crippen LogP contribution in [0.3, 0.4) is 0 Å². The Hall–Kier alpha value is -2.43. The van der Waals surface area contributed by atoms with Gasteiger partial charge in [-0.05, 0) is 24.5 Å². The van der Waals surface area contributed by atoms with E-state index in [0.717, 1.165) is 24.0 Å². The number of rotatable bonds is 4. The zero-order chi connectivity index (χ0) is 15.0. The number of benzene rings is 1. The number of nitrogens with two attached hydrogens (primary N) is 1. The molecule has 0 aliphatic rings. The van der Waals surface area contributed by atoms with Crippen LogP contribution < -0.4 is 5.73 Å². The van der Waals surface area contributed by atoms with Gasteiger partial charge in [-0.3, -0.25) is 0 Å². The predicted octanol–water partition coefficient (Wildman–Crippen LogP) is 3.37. The molecule has 4 N–H and O–H groups in total. The summed E-state index contributed by atoms with van der Waals surface area (Å²) in [4.78, 5) is 7.71. The first-order chi connectivity index (χ1) is 10.1. The topological polar surface area (TPSA) is 79.9 Å². The van der Waals surface area contributed by atoms with Gasteiger partial charge in [0.2, 0.25) is 0 Å². The van der Waals surface area contributed by atoms with Gasteiger partial charge >= 0.3 is 0 Å². The number of para-hydroxylation sites is 2. The van der Waals surface area contributed by atoms with E-state index in [-0.39, 0.29) is 5.75 Å². The number of aryl methyl sites for hydroxylation is 1. The first kappa shape index (κ1) is 13.5. The maximum atomic E-state index is 10.2. The summed E-state index contributed by atoms with van der Waals surface area (Å²) in [5.41, 5.74) is 8.56. The molecule has 0 spiro atoms. The van der Waals surface area contributed by atoms with Gasteiger partial charge in [0.15, 0.2) is 0 Å². The van der Waals surface area contributed by atoms with Crippen molar-refractivity contribution >= 4 is 16.9 Å². The highest BCUT2D eigenvalue weighted by molar-refractivity contribution is 5.84. The second-order valence-corrected chi connectivity index (χ2v) is 5.75. The molecule has 2 aromatic heterocycles. The fourth-order valence-electron chi connectivity index (χ4n) is 2.45. The van der Waals surface area contributed by atoms with Gasteiger partial charge in [0.05, 0.1) is 11.0 Å². The Kier molecular flexibility index (Phi) is 3.33. The lowest BCUT2D eigenvalue weighted by Gasteiger charge is -2.08. The monoisotopic (exact) mass is 284 g/mol. The van der Waals surface area contributed by atoms with Crippen molar-refractivity contribution in [2.75, 3.05) is 5.73 Å². The van der Waals surface area contributed by atoms with Gasteiger partial charge in [-0.15, -0.1) is 0 Å². The average molecular weight is 284 g/mol. The molecule has 0 saturated heterocycles. The quantitative estimate of drug-likeness (QED) is 0.687. The van der Waals surface area contributed by atoms with E-state index >= 15 is 0 Å². The third-order valence-corrected chi connectivity index (χ3v) is 3.67. The molecule has 0 aliphatic carbocycles. The van der Waals surface area contributed by atoms with Crippen LogP contribution in [0.2, 0.25) is 0 Å². The van der Waals surface area contributed by atoms with Crippen molar-refractivity contribution in [2.45, 2.75) is 26.8 Å². The van der Waals surface area contributed by atoms with Gasteiger partial charge < -0.3 is 20.4 Å². The van der Waals surface area contributed by atoms with E-state index in [2.05, 4.69) is 23.8 Å². The highest BCUT2D eigenvalue weighted by Crippen LogP contribution is 2.35. The first-order valence-corrected chi connectivity index (χ1v) is 7.19. The number of fused-ring (bicyclic) bond motifs is 1. The minimum atomic E-state index is 0.162. The van der Waals surface area contributed by atoms with Crippen LogP contribution in [0.4, 0.5) is 5.82 Å². The van der Waals surface area contributed by atoms with Gasteiger partial charge in [-0.1, -0.05) is 26.0 Å². The lowest BCUT2D eigenvalue weighted by molar-refractivity contribution is 0.470. The smallest absolute Gasteiger partial charge is 0.146 e. The summed E-state index contributed by atoms with van der Waals surface area (Å²) in [5, 5.41) is 10.2. The molecule has 5 nitrogen and oxygen atoms in total. The van der Waals surface area contributed by atoms with Gasteiger partial charge in [-0.2, -0.15) is 0 Å². The van der Waals surface area contributed by atoms with Crippen LogP contribution in [-0.4, -0.2) is 19.6 Å². The highest BCUT2D eigenvalue weighted by atomic mass is 16.3.